The Bertz CT molecular complexity index is 1330. The number of hydrogen-bond donors (Lipinski definition) is 1. The molecule has 0 saturated carbocycles. The molecule has 0 radical (unpaired) electrons. The van der Waals surface area contributed by atoms with Crippen molar-refractivity contribution in [1.29, 1.82) is 0 Å². The number of alkyl halides is 6. The molecule has 3 aromatic rings. The highest BCUT2D eigenvalue weighted by atomic mass is 19.4. The Labute approximate surface area is 211 Å². The second-order valence-electron chi connectivity index (χ2n) is 8.67. The summed E-state index contributed by atoms with van der Waals surface area (Å²) in [6, 6.07) is 0.673. The molecule has 4 heterocycles. The molecule has 1 fully saturated rings. The molecule has 4 rings (SSSR count). The third-order valence-electron chi connectivity index (χ3n) is 6.02. The molecule has 16 heteroatoms. The van der Waals surface area contributed by atoms with Gasteiger partial charge in [0.1, 0.15) is 0 Å². The van der Waals surface area contributed by atoms with E-state index in [-0.39, 0.29) is 37.0 Å². The molecule has 1 amide bonds. The lowest BCUT2D eigenvalue weighted by molar-refractivity contribution is -0.140. The molecule has 0 aliphatic carbocycles. The summed E-state index contributed by atoms with van der Waals surface area (Å²) in [6.07, 6.45) is -6.65. The molecule has 3 aromatic heterocycles. The van der Waals surface area contributed by atoms with Crippen LogP contribution in [-0.2, 0) is 21.9 Å². The molecule has 10 nitrogen and oxygen atoms in total. The van der Waals surface area contributed by atoms with Crippen molar-refractivity contribution in [3.8, 4) is 0 Å². The number of fused-ring (bicyclic) bond motifs is 1. The summed E-state index contributed by atoms with van der Waals surface area (Å²) < 4.78 is 84.7. The lowest BCUT2D eigenvalue weighted by Crippen LogP contribution is -2.49. The molecule has 0 aromatic carbocycles. The molecular formula is C22H23F6N7O3. The third kappa shape index (κ3) is 5.89. The molecule has 0 bridgehead atoms. The van der Waals surface area contributed by atoms with E-state index in [0.717, 1.165) is 4.68 Å². The minimum Gasteiger partial charge on any atom is -0.379 e. The van der Waals surface area contributed by atoms with Crippen LogP contribution < -0.4 is 10.5 Å². The number of nitrogens with zero attached hydrogens (tertiary/aromatic N) is 6. The number of hydrogen-bond acceptors (Lipinski definition) is 7. The van der Waals surface area contributed by atoms with Crippen LogP contribution >= 0.6 is 0 Å². The number of carbonyl (C=O) groups is 1. The smallest absolute Gasteiger partial charge is 0.379 e. The molecule has 38 heavy (non-hydrogen) atoms. The zero-order valence-electron chi connectivity index (χ0n) is 20.0. The van der Waals surface area contributed by atoms with E-state index in [2.05, 4.69) is 20.1 Å². The molecule has 1 N–H and O–H groups in total. The normalized spacial score (nSPS) is 15.8. The third-order valence-corrected chi connectivity index (χ3v) is 6.02. The monoisotopic (exact) mass is 547 g/mol. The van der Waals surface area contributed by atoms with Crippen LogP contribution in [0.4, 0.5) is 32.3 Å². The van der Waals surface area contributed by atoms with E-state index in [1.807, 2.05) is 0 Å². The number of H-pyrrole nitrogens is 1. The number of pyridine rings is 1. The number of piperazine rings is 1. The minimum absolute atomic E-state index is 0.0112. The number of rotatable bonds is 7. The fourth-order valence-corrected chi connectivity index (χ4v) is 4.06. The average Bonchev–Trinajstić information content (AvgIpc) is 3.28. The number of aromatic nitrogens is 5. The topological polar surface area (TPSA) is 109 Å². The highest BCUT2D eigenvalue weighted by Crippen LogP contribution is 2.33. The Kier molecular flexibility index (Phi) is 7.62. The van der Waals surface area contributed by atoms with Gasteiger partial charge in [0.05, 0.1) is 42.1 Å². The molecule has 1 saturated heterocycles. The lowest BCUT2D eigenvalue weighted by atomic mass is 10.2. The van der Waals surface area contributed by atoms with Gasteiger partial charge in [-0.15, -0.1) is 0 Å². The molecule has 1 aliphatic rings. The summed E-state index contributed by atoms with van der Waals surface area (Å²) in [5, 5.41) is 3.05. The predicted molar refractivity (Wildman–Crippen MR) is 121 cm³/mol. The second kappa shape index (κ2) is 10.6. The van der Waals surface area contributed by atoms with Crippen LogP contribution in [0.2, 0.25) is 0 Å². The van der Waals surface area contributed by atoms with Gasteiger partial charge in [0, 0.05) is 44.8 Å². The second-order valence-corrected chi connectivity index (χ2v) is 8.67. The van der Waals surface area contributed by atoms with Crippen LogP contribution in [0, 0.1) is 0 Å². The quantitative estimate of drug-likeness (QED) is 0.358. The van der Waals surface area contributed by atoms with Gasteiger partial charge in [-0.25, -0.2) is 9.97 Å². The molecule has 206 valence electrons. The molecule has 1 aliphatic heterocycles. The maximum atomic E-state index is 13.4. The van der Waals surface area contributed by atoms with Crippen molar-refractivity contribution in [1.82, 2.24) is 29.6 Å². The standard InChI is InChI=1S/C22H23F6N7O3/c1-13(35-15-2-4-29-19(37)17(15)18(32-35)22(26,27)28)12-38-9-3-16(36)33-5-7-34(8-6-33)20-30-10-14(11-31-20)21(23,24)25/h2,4,10-11,13H,3,5-9,12H2,1H3,(H,29,37). The lowest BCUT2D eigenvalue weighted by Gasteiger charge is -2.34. The number of halogens is 6. The summed E-state index contributed by atoms with van der Waals surface area (Å²) in [6.45, 7) is 2.84. The van der Waals surface area contributed by atoms with E-state index >= 15 is 0 Å². The van der Waals surface area contributed by atoms with Gasteiger partial charge in [0.2, 0.25) is 11.9 Å². The highest BCUT2D eigenvalue weighted by Gasteiger charge is 2.38. The van der Waals surface area contributed by atoms with E-state index in [0.29, 0.717) is 38.6 Å². The van der Waals surface area contributed by atoms with Gasteiger partial charge < -0.3 is 19.5 Å². The zero-order chi connectivity index (χ0) is 27.7. The molecular weight excluding hydrogens is 524 g/mol. The first kappa shape index (κ1) is 27.3. The predicted octanol–water partition coefficient (Wildman–Crippen LogP) is 2.87. The van der Waals surface area contributed by atoms with Crippen LogP contribution in [0.1, 0.15) is 30.6 Å². The van der Waals surface area contributed by atoms with Crippen LogP contribution in [-0.4, -0.2) is 74.9 Å². The highest BCUT2D eigenvalue weighted by molar-refractivity contribution is 5.81. The largest absolute Gasteiger partial charge is 0.435 e. The van der Waals surface area contributed by atoms with Crippen molar-refractivity contribution >= 4 is 22.8 Å². The number of nitrogens with one attached hydrogen (secondary N) is 1. The van der Waals surface area contributed by atoms with Crippen molar-refractivity contribution in [2.75, 3.05) is 44.3 Å². The molecule has 1 unspecified atom stereocenters. The van der Waals surface area contributed by atoms with Gasteiger partial charge in [0.15, 0.2) is 5.69 Å². The fraction of sp³-hybridized carbons (Fsp3) is 0.500. The van der Waals surface area contributed by atoms with Crippen LogP contribution in [0.5, 0.6) is 0 Å². The number of ether oxygens (including phenoxy) is 1. The van der Waals surface area contributed by atoms with Gasteiger partial charge in [-0.05, 0) is 13.0 Å². The van der Waals surface area contributed by atoms with E-state index in [1.165, 1.54) is 12.3 Å². The van der Waals surface area contributed by atoms with Crippen LogP contribution in [0.25, 0.3) is 10.9 Å². The van der Waals surface area contributed by atoms with Crippen molar-refractivity contribution < 1.29 is 35.9 Å². The summed E-state index contributed by atoms with van der Waals surface area (Å²) in [4.78, 5) is 37.5. The SMILES string of the molecule is CC(COCCC(=O)N1CCN(c2ncc(C(F)(F)F)cn2)CC1)n1nc(C(F)(F)F)c2c(=O)[nH]ccc21. The van der Waals surface area contributed by atoms with Crippen LogP contribution in [0.15, 0.2) is 29.5 Å². The van der Waals surface area contributed by atoms with E-state index < -0.39 is 40.6 Å². The Morgan fingerprint density at radius 1 is 1.08 bits per heavy atom. The zero-order valence-corrected chi connectivity index (χ0v) is 20.0. The van der Waals surface area contributed by atoms with E-state index in [9.17, 15) is 35.9 Å². The Morgan fingerprint density at radius 3 is 2.34 bits per heavy atom. The Morgan fingerprint density at radius 2 is 1.74 bits per heavy atom. The number of amides is 1. The summed E-state index contributed by atoms with van der Waals surface area (Å²) in [5.41, 5.74) is -3.11. The fourth-order valence-electron chi connectivity index (χ4n) is 4.06. The van der Waals surface area contributed by atoms with Gasteiger partial charge in [-0.2, -0.15) is 31.4 Å². The van der Waals surface area contributed by atoms with Gasteiger partial charge >= 0.3 is 12.4 Å². The molecule has 1 atom stereocenters. The minimum atomic E-state index is -4.81. The Balaban J connectivity index is 1.26. The number of anilines is 1. The first-order chi connectivity index (χ1) is 17.9. The first-order valence-electron chi connectivity index (χ1n) is 11.5. The van der Waals surface area contributed by atoms with Crippen LogP contribution in [0.3, 0.4) is 0 Å². The van der Waals surface area contributed by atoms with E-state index in [1.54, 1.807) is 16.7 Å². The first-order valence-corrected chi connectivity index (χ1v) is 11.5. The summed E-state index contributed by atoms with van der Waals surface area (Å²) in [7, 11) is 0. The maximum absolute atomic E-state index is 13.4. The average molecular weight is 547 g/mol. The number of aromatic amines is 1. The van der Waals surface area contributed by atoms with E-state index in [4.69, 9.17) is 4.74 Å². The summed E-state index contributed by atoms with van der Waals surface area (Å²) >= 11 is 0. The van der Waals surface area contributed by atoms with Crippen molar-refractivity contribution in [2.45, 2.75) is 31.7 Å². The maximum Gasteiger partial charge on any atom is 0.435 e. The van der Waals surface area contributed by atoms with Gasteiger partial charge in [0.25, 0.3) is 5.56 Å². The van der Waals surface area contributed by atoms with Gasteiger partial charge in [-0.1, -0.05) is 0 Å². The summed E-state index contributed by atoms with van der Waals surface area (Å²) in [5.74, 6) is -0.0645. The van der Waals surface area contributed by atoms with Crippen molar-refractivity contribution in [2.24, 2.45) is 0 Å². The molecule has 0 spiro atoms. The van der Waals surface area contributed by atoms with Gasteiger partial charge in [-0.3, -0.25) is 14.3 Å². The van der Waals surface area contributed by atoms with Crippen molar-refractivity contribution in [3.05, 3.63) is 46.3 Å². The Hall–Kier alpha value is -3.69. The number of carbonyl (C=O) groups excluding carboxylic acids is 1. The van der Waals surface area contributed by atoms with Crippen molar-refractivity contribution in [3.63, 3.8) is 0 Å².